The van der Waals surface area contributed by atoms with Gasteiger partial charge in [-0.25, -0.2) is 14.5 Å². The Morgan fingerprint density at radius 1 is 1.23 bits per heavy atom. The minimum atomic E-state index is -0.291. The van der Waals surface area contributed by atoms with E-state index in [1.54, 1.807) is 35.3 Å². The molecule has 1 atom stereocenters. The Morgan fingerprint density at radius 2 is 2.08 bits per heavy atom. The molecule has 1 aromatic carbocycles. The predicted octanol–water partition coefficient (Wildman–Crippen LogP) is 4.13. The third kappa shape index (κ3) is 4.53. The van der Waals surface area contributed by atoms with E-state index in [2.05, 4.69) is 20.7 Å². The number of aromatic nitrogens is 3. The Balaban J connectivity index is 1.58. The standard InChI is InChI=1S/C18H17Cl2N5O/c1-12(15-4-3-14(19)10-16(15)20)24-18(26)22-11-13-5-7-21-17(9-13)25-8-2-6-23-25/h2-10,12H,11H2,1H3,(H2,22,24,26). The molecule has 1 unspecified atom stereocenters. The maximum atomic E-state index is 12.2. The summed E-state index contributed by atoms with van der Waals surface area (Å²) >= 11 is 12.1. The summed E-state index contributed by atoms with van der Waals surface area (Å²) in [6.45, 7) is 2.22. The molecule has 26 heavy (non-hydrogen) atoms. The lowest BCUT2D eigenvalue weighted by molar-refractivity contribution is 0.237. The van der Waals surface area contributed by atoms with Crippen molar-refractivity contribution in [2.75, 3.05) is 0 Å². The molecule has 0 aliphatic carbocycles. The molecule has 0 saturated heterocycles. The molecular weight excluding hydrogens is 373 g/mol. The second kappa shape index (κ2) is 8.21. The van der Waals surface area contributed by atoms with Gasteiger partial charge in [-0.2, -0.15) is 5.10 Å². The predicted molar refractivity (Wildman–Crippen MR) is 102 cm³/mol. The van der Waals surface area contributed by atoms with Crippen LogP contribution in [0.15, 0.2) is 55.0 Å². The molecule has 2 aromatic heterocycles. The molecule has 2 N–H and O–H groups in total. The number of rotatable bonds is 5. The third-order valence-electron chi connectivity index (χ3n) is 3.78. The topological polar surface area (TPSA) is 71.8 Å². The minimum Gasteiger partial charge on any atom is -0.334 e. The van der Waals surface area contributed by atoms with Crippen molar-refractivity contribution in [3.8, 4) is 5.82 Å². The average molecular weight is 390 g/mol. The van der Waals surface area contributed by atoms with E-state index in [1.165, 1.54) is 0 Å². The van der Waals surface area contributed by atoms with Crippen LogP contribution in [0.3, 0.4) is 0 Å². The number of halogens is 2. The molecule has 0 spiro atoms. The summed E-state index contributed by atoms with van der Waals surface area (Å²) in [7, 11) is 0. The normalized spacial score (nSPS) is 11.8. The summed E-state index contributed by atoms with van der Waals surface area (Å²) in [6, 6.07) is 10.2. The second-order valence-electron chi connectivity index (χ2n) is 5.69. The Kier molecular flexibility index (Phi) is 5.75. The number of hydrogen-bond acceptors (Lipinski definition) is 3. The number of nitrogens with one attached hydrogen (secondary N) is 2. The van der Waals surface area contributed by atoms with Crippen LogP contribution in [0.1, 0.15) is 24.1 Å². The van der Waals surface area contributed by atoms with Crippen molar-refractivity contribution in [1.29, 1.82) is 0 Å². The molecule has 0 bridgehead atoms. The van der Waals surface area contributed by atoms with E-state index in [1.807, 2.05) is 31.3 Å². The van der Waals surface area contributed by atoms with Crippen LogP contribution in [0, 0.1) is 0 Å². The monoisotopic (exact) mass is 389 g/mol. The minimum absolute atomic E-state index is 0.253. The smallest absolute Gasteiger partial charge is 0.315 e. The van der Waals surface area contributed by atoms with Gasteiger partial charge in [-0.1, -0.05) is 29.3 Å². The number of hydrogen-bond donors (Lipinski definition) is 2. The van der Waals surface area contributed by atoms with E-state index in [9.17, 15) is 4.79 Å². The number of pyridine rings is 1. The van der Waals surface area contributed by atoms with E-state index in [4.69, 9.17) is 23.2 Å². The second-order valence-corrected chi connectivity index (χ2v) is 6.53. The first-order valence-corrected chi connectivity index (χ1v) is 8.73. The summed E-state index contributed by atoms with van der Waals surface area (Å²) in [6.07, 6.45) is 5.18. The van der Waals surface area contributed by atoms with Gasteiger partial charge < -0.3 is 10.6 Å². The number of carbonyl (C=O) groups is 1. The summed E-state index contributed by atoms with van der Waals surface area (Å²) in [5, 5.41) is 10.9. The first-order chi connectivity index (χ1) is 12.5. The highest BCUT2D eigenvalue weighted by Gasteiger charge is 2.13. The van der Waals surface area contributed by atoms with Gasteiger partial charge in [-0.3, -0.25) is 0 Å². The van der Waals surface area contributed by atoms with Gasteiger partial charge in [-0.05, 0) is 48.4 Å². The van der Waals surface area contributed by atoms with Gasteiger partial charge in [0.05, 0.1) is 6.04 Å². The van der Waals surface area contributed by atoms with Crippen molar-refractivity contribution in [3.63, 3.8) is 0 Å². The van der Waals surface area contributed by atoms with Crippen LogP contribution >= 0.6 is 23.2 Å². The SMILES string of the molecule is CC(NC(=O)NCc1ccnc(-n2cccn2)c1)c1ccc(Cl)cc1Cl. The molecule has 8 heteroatoms. The molecule has 0 aliphatic rings. The van der Waals surface area contributed by atoms with Gasteiger partial charge in [0.15, 0.2) is 5.82 Å². The van der Waals surface area contributed by atoms with Gasteiger partial charge in [0.25, 0.3) is 0 Å². The molecule has 2 heterocycles. The van der Waals surface area contributed by atoms with Crippen molar-refractivity contribution >= 4 is 29.2 Å². The largest absolute Gasteiger partial charge is 0.334 e. The quantitative estimate of drug-likeness (QED) is 0.688. The zero-order valence-corrected chi connectivity index (χ0v) is 15.5. The van der Waals surface area contributed by atoms with Crippen LogP contribution in [0.25, 0.3) is 5.82 Å². The fourth-order valence-electron chi connectivity index (χ4n) is 2.46. The lowest BCUT2D eigenvalue weighted by Gasteiger charge is -2.16. The summed E-state index contributed by atoms with van der Waals surface area (Å²) < 4.78 is 1.66. The highest BCUT2D eigenvalue weighted by atomic mass is 35.5. The van der Waals surface area contributed by atoms with Crippen LogP contribution < -0.4 is 10.6 Å². The number of benzene rings is 1. The van der Waals surface area contributed by atoms with Gasteiger partial charge in [0.1, 0.15) is 0 Å². The molecular formula is C18H17Cl2N5O. The fraction of sp³-hybridized carbons (Fsp3) is 0.167. The van der Waals surface area contributed by atoms with Crippen LogP contribution in [-0.4, -0.2) is 20.8 Å². The van der Waals surface area contributed by atoms with Crippen LogP contribution in [0.5, 0.6) is 0 Å². The average Bonchev–Trinajstić information content (AvgIpc) is 3.15. The molecule has 0 radical (unpaired) electrons. The third-order valence-corrected chi connectivity index (χ3v) is 4.34. The maximum Gasteiger partial charge on any atom is 0.315 e. The molecule has 134 valence electrons. The van der Waals surface area contributed by atoms with Gasteiger partial charge >= 0.3 is 6.03 Å². The lowest BCUT2D eigenvalue weighted by atomic mass is 10.1. The molecule has 3 rings (SSSR count). The van der Waals surface area contributed by atoms with Crippen molar-refractivity contribution < 1.29 is 4.79 Å². The van der Waals surface area contributed by atoms with E-state index in [0.29, 0.717) is 22.4 Å². The summed E-state index contributed by atoms with van der Waals surface area (Å²) in [4.78, 5) is 16.4. The maximum absolute atomic E-state index is 12.2. The van der Waals surface area contributed by atoms with Crippen LogP contribution in [0.4, 0.5) is 4.79 Å². The van der Waals surface area contributed by atoms with Crippen molar-refractivity contribution in [2.24, 2.45) is 0 Å². The Labute approximate surface area is 161 Å². The first-order valence-electron chi connectivity index (χ1n) is 7.97. The van der Waals surface area contributed by atoms with Crippen molar-refractivity contribution in [2.45, 2.75) is 19.5 Å². The molecule has 3 aromatic rings. The van der Waals surface area contributed by atoms with E-state index in [0.717, 1.165) is 11.1 Å². The Bertz CT molecular complexity index is 898. The fourth-order valence-corrected chi connectivity index (χ4v) is 3.03. The van der Waals surface area contributed by atoms with Gasteiger partial charge in [-0.15, -0.1) is 0 Å². The molecule has 2 amide bonds. The lowest BCUT2D eigenvalue weighted by Crippen LogP contribution is -2.36. The number of amides is 2. The number of urea groups is 1. The molecule has 0 fully saturated rings. The number of carbonyl (C=O) groups excluding carboxylic acids is 1. The summed E-state index contributed by atoms with van der Waals surface area (Å²) in [5.74, 6) is 0.691. The first kappa shape index (κ1) is 18.2. The number of nitrogens with zero attached hydrogens (tertiary/aromatic N) is 3. The van der Waals surface area contributed by atoms with E-state index in [-0.39, 0.29) is 12.1 Å². The van der Waals surface area contributed by atoms with E-state index < -0.39 is 0 Å². The molecule has 0 saturated carbocycles. The molecule has 0 aliphatic heterocycles. The van der Waals surface area contributed by atoms with Gasteiger partial charge in [0.2, 0.25) is 0 Å². The van der Waals surface area contributed by atoms with Crippen molar-refractivity contribution in [1.82, 2.24) is 25.4 Å². The van der Waals surface area contributed by atoms with Crippen LogP contribution in [0.2, 0.25) is 10.0 Å². The highest BCUT2D eigenvalue weighted by molar-refractivity contribution is 6.35. The zero-order valence-electron chi connectivity index (χ0n) is 14.0. The van der Waals surface area contributed by atoms with Crippen molar-refractivity contribution in [3.05, 3.63) is 76.2 Å². The molecule has 6 nitrogen and oxygen atoms in total. The zero-order chi connectivity index (χ0) is 18.5. The van der Waals surface area contributed by atoms with Gasteiger partial charge in [0, 0.05) is 35.2 Å². The summed E-state index contributed by atoms with van der Waals surface area (Å²) in [5.41, 5.74) is 1.72. The Hall–Kier alpha value is -2.57. The Morgan fingerprint density at radius 3 is 2.81 bits per heavy atom. The van der Waals surface area contributed by atoms with E-state index >= 15 is 0 Å². The highest BCUT2D eigenvalue weighted by Crippen LogP contribution is 2.25. The van der Waals surface area contributed by atoms with Crippen LogP contribution in [-0.2, 0) is 6.54 Å².